The van der Waals surface area contributed by atoms with E-state index in [9.17, 15) is 9.90 Å². The Hall–Kier alpha value is -3.73. The van der Waals surface area contributed by atoms with Crippen molar-refractivity contribution in [1.82, 2.24) is 4.98 Å². The Morgan fingerprint density at radius 1 is 0.978 bits per heavy atom. The smallest absolute Gasteiger partial charge is 0.226 e. The summed E-state index contributed by atoms with van der Waals surface area (Å²) >= 11 is 0. The van der Waals surface area contributed by atoms with Crippen LogP contribution < -0.4 is 4.57 Å². The van der Waals surface area contributed by atoms with Crippen molar-refractivity contribution in [2.24, 2.45) is 11.8 Å². The van der Waals surface area contributed by atoms with Gasteiger partial charge in [0.1, 0.15) is 5.69 Å². The topological polar surface area (TPSA) is 67.2 Å². The van der Waals surface area contributed by atoms with Gasteiger partial charge in [-0.1, -0.05) is 77.6 Å². The number of hydrogen-bond donors (Lipinski definition) is 1. The molecule has 0 aliphatic carbocycles. The molecule has 5 nitrogen and oxygen atoms in total. The number of furan rings is 1. The van der Waals surface area contributed by atoms with E-state index in [2.05, 4.69) is 81.3 Å². The molecule has 2 aromatic carbocycles. The van der Waals surface area contributed by atoms with Crippen LogP contribution in [0.3, 0.4) is 0 Å². The summed E-state index contributed by atoms with van der Waals surface area (Å²) in [5, 5.41) is 13.1. The number of pyridine rings is 2. The summed E-state index contributed by atoms with van der Waals surface area (Å²) in [6.45, 7) is 14.8. The third kappa shape index (κ3) is 8.34. The van der Waals surface area contributed by atoms with Gasteiger partial charge in [-0.15, -0.1) is 29.1 Å². The van der Waals surface area contributed by atoms with Crippen molar-refractivity contribution >= 4 is 27.7 Å². The minimum absolute atomic E-state index is 0. The molecule has 46 heavy (non-hydrogen) atoms. The Bertz CT molecular complexity index is 1790. The van der Waals surface area contributed by atoms with Crippen LogP contribution in [0, 0.1) is 24.9 Å². The number of allylic oxidation sites excluding steroid dienone is 2. The van der Waals surface area contributed by atoms with Crippen molar-refractivity contribution in [3.8, 4) is 22.4 Å². The number of aromatic nitrogens is 2. The fraction of sp³-hybridized carbons (Fsp3) is 0.350. The SMILES string of the molecule is CCC(CC)C(=O)/C=C(\O)C(CC)CC.[CH2-][n+]1ccc(-c2ccnc3occc23)cc1-c1[c-]c2ccccc2c(C(C)(C)C)c1.[Ir]. The molecule has 0 amide bonds. The summed E-state index contributed by atoms with van der Waals surface area (Å²) in [4.78, 5) is 16.0. The predicted octanol–water partition coefficient (Wildman–Crippen LogP) is 10.2. The van der Waals surface area contributed by atoms with Crippen molar-refractivity contribution in [3.63, 3.8) is 0 Å². The first kappa shape index (κ1) is 36.7. The van der Waals surface area contributed by atoms with Crippen LogP contribution in [0.4, 0.5) is 0 Å². The molecule has 3 aromatic heterocycles. The molecule has 0 spiro atoms. The molecule has 5 rings (SSSR count). The monoisotopic (exact) mass is 796 g/mol. The van der Waals surface area contributed by atoms with Crippen LogP contribution in [0.15, 0.2) is 89.5 Å². The maximum Gasteiger partial charge on any atom is 0.226 e. The van der Waals surface area contributed by atoms with Crippen molar-refractivity contribution < 1.29 is 39.0 Å². The first-order valence-corrected chi connectivity index (χ1v) is 16.1. The van der Waals surface area contributed by atoms with Crippen LogP contribution in [0.5, 0.6) is 0 Å². The van der Waals surface area contributed by atoms with Gasteiger partial charge in [0.25, 0.3) is 0 Å². The van der Waals surface area contributed by atoms with Crippen LogP contribution in [0.25, 0.3) is 44.3 Å². The Morgan fingerprint density at radius 2 is 1.65 bits per heavy atom. The Labute approximate surface area is 288 Å². The van der Waals surface area contributed by atoms with Crippen molar-refractivity contribution in [2.45, 2.75) is 79.6 Å². The zero-order valence-electron chi connectivity index (χ0n) is 28.2. The molecule has 0 saturated heterocycles. The van der Waals surface area contributed by atoms with E-state index < -0.39 is 0 Å². The molecule has 245 valence electrons. The largest absolute Gasteiger partial charge is 0.512 e. The van der Waals surface area contributed by atoms with Gasteiger partial charge in [0, 0.05) is 56.6 Å². The Kier molecular flexibility index (Phi) is 12.9. The second-order valence-corrected chi connectivity index (χ2v) is 12.7. The fourth-order valence-electron chi connectivity index (χ4n) is 5.82. The average Bonchev–Trinajstić information content (AvgIpc) is 3.51. The number of carbonyl (C=O) groups excluding carboxylic acids is 1. The van der Waals surface area contributed by atoms with Crippen LogP contribution in [0.2, 0.25) is 0 Å². The van der Waals surface area contributed by atoms with Crippen molar-refractivity contribution in [2.75, 3.05) is 0 Å². The number of aliphatic hydroxyl groups is 1. The van der Waals surface area contributed by atoms with Gasteiger partial charge < -0.3 is 14.1 Å². The van der Waals surface area contributed by atoms with Gasteiger partial charge in [-0.2, -0.15) is 0 Å². The van der Waals surface area contributed by atoms with E-state index in [0.29, 0.717) is 5.71 Å². The first-order valence-electron chi connectivity index (χ1n) is 16.1. The maximum absolute atomic E-state index is 11.7. The number of benzene rings is 2. The summed E-state index contributed by atoms with van der Waals surface area (Å²) in [6.07, 6.45) is 10.4. The van der Waals surface area contributed by atoms with Gasteiger partial charge in [0.15, 0.2) is 5.78 Å². The van der Waals surface area contributed by atoms with Crippen LogP contribution in [-0.2, 0) is 30.3 Å². The summed E-state index contributed by atoms with van der Waals surface area (Å²) in [6, 6.07) is 22.6. The van der Waals surface area contributed by atoms with Gasteiger partial charge in [-0.3, -0.25) is 4.79 Å². The van der Waals surface area contributed by atoms with E-state index >= 15 is 0 Å². The second kappa shape index (κ2) is 16.2. The Morgan fingerprint density at radius 3 is 2.30 bits per heavy atom. The van der Waals surface area contributed by atoms with Gasteiger partial charge >= 0.3 is 0 Å². The van der Waals surface area contributed by atoms with E-state index in [1.165, 1.54) is 17.0 Å². The van der Waals surface area contributed by atoms with Gasteiger partial charge in [0.05, 0.1) is 18.2 Å². The molecule has 0 unspecified atom stereocenters. The minimum atomic E-state index is 0. The van der Waals surface area contributed by atoms with E-state index in [4.69, 9.17) is 4.42 Å². The van der Waals surface area contributed by atoms with Crippen molar-refractivity contribution in [1.29, 1.82) is 0 Å². The minimum Gasteiger partial charge on any atom is -0.512 e. The standard InChI is InChI=1S/C27H23N2O.C13H24O2.Ir/c1-27(2,3)24-16-20(15-18-7-5-6-8-22(18)24)25-17-19(10-13-29(25)4)21-9-12-28-26-23(21)11-14-30-26;1-5-10(6-2)12(14)9-13(15)11(7-3)8-4;/h5-14,16-17H,4H2,1-3H3;9-11,14H,5-8H2,1-4H3;/q-1;;/b;12-9-;. The molecule has 0 aliphatic heterocycles. The van der Waals surface area contributed by atoms with Crippen molar-refractivity contribution in [3.05, 3.63) is 104 Å². The first-order chi connectivity index (χ1) is 21.5. The molecule has 0 atom stereocenters. The number of nitrogens with zero attached hydrogens (tertiary/aromatic N) is 2. The maximum atomic E-state index is 11.7. The number of ketones is 1. The molecule has 0 saturated carbocycles. The Balaban J connectivity index is 0.000000309. The van der Waals surface area contributed by atoms with E-state index in [-0.39, 0.29) is 48.9 Å². The second-order valence-electron chi connectivity index (χ2n) is 12.7. The molecule has 3 heterocycles. The summed E-state index contributed by atoms with van der Waals surface area (Å²) in [5.41, 5.74) is 6.20. The van der Waals surface area contributed by atoms with E-state index in [1.807, 2.05) is 50.6 Å². The molecule has 1 N–H and O–H groups in total. The van der Waals surface area contributed by atoms with Gasteiger partial charge in [-0.05, 0) is 66.5 Å². The third-order valence-corrected chi connectivity index (χ3v) is 8.66. The zero-order chi connectivity index (χ0) is 32.7. The average molecular weight is 796 g/mol. The number of carbonyl (C=O) groups is 1. The summed E-state index contributed by atoms with van der Waals surface area (Å²) in [5.74, 6) is 0.547. The molecule has 1 radical (unpaired) electrons. The van der Waals surface area contributed by atoms with Gasteiger partial charge in [-0.25, -0.2) is 4.98 Å². The zero-order valence-corrected chi connectivity index (χ0v) is 30.6. The fourth-order valence-corrected chi connectivity index (χ4v) is 5.82. The van der Waals surface area contributed by atoms with Crippen LogP contribution in [0.1, 0.15) is 79.7 Å². The summed E-state index contributed by atoms with van der Waals surface area (Å²) in [7, 11) is 4.22. The number of hydrogen-bond acceptors (Lipinski definition) is 4. The molecule has 0 aliphatic rings. The van der Waals surface area contributed by atoms with Crippen LogP contribution >= 0.6 is 0 Å². The summed E-state index contributed by atoms with van der Waals surface area (Å²) < 4.78 is 7.39. The molecule has 0 fully saturated rings. The van der Waals surface area contributed by atoms with E-state index in [0.717, 1.165) is 58.8 Å². The molecule has 6 heteroatoms. The molecule has 5 aromatic rings. The van der Waals surface area contributed by atoms with Crippen LogP contribution in [-0.4, -0.2) is 15.9 Å². The van der Waals surface area contributed by atoms with E-state index in [1.54, 1.807) is 12.5 Å². The van der Waals surface area contributed by atoms with Gasteiger partial charge in [0.2, 0.25) is 5.71 Å². The molecular weight excluding hydrogens is 749 g/mol. The predicted molar refractivity (Wildman–Crippen MR) is 185 cm³/mol. The number of rotatable bonds is 9. The molecular formula is C40H47IrN2O3-. The third-order valence-electron chi connectivity index (χ3n) is 8.66. The normalized spacial score (nSPS) is 11.9. The quantitative estimate of drug-likeness (QED) is 0.0699. The number of fused-ring (bicyclic) bond motifs is 2. The molecule has 0 bridgehead atoms. The number of aliphatic hydroxyl groups excluding tert-OH is 1.